The molecule has 0 bridgehead atoms. The van der Waals surface area contributed by atoms with Crippen molar-refractivity contribution < 1.29 is 4.84 Å². The van der Waals surface area contributed by atoms with Crippen molar-refractivity contribution in [2.75, 3.05) is 7.11 Å². The molecule has 0 saturated heterocycles. The molecule has 1 N–H and O–H groups in total. The summed E-state index contributed by atoms with van der Waals surface area (Å²) in [7, 11) is 1.66. The Morgan fingerprint density at radius 1 is 1.69 bits per heavy atom. The van der Waals surface area contributed by atoms with Gasteiger partial charge in [-0.05, 0) is 30.9 Å². The van der Waals surface area contributed by atoms with E-state index in [-0.39, 0.29) is 0 Å². The van der Waals surface area contributed by atoms with Crippen LogP contribution in [0.15, 0.2) is 6.07 Å². The van der Waals surface area contributed by atoms with Gasteiger partial charge in [0, 0.05) is 4.88 Å². The van der Waals surface area contributed by atoms with E-state index >= 15 is 0 Å². The normalized spacial score (nSPS) is 21.5. The van der Waals surface area contributed by atoms with Crippen molar-refractivity contribution >= 4 is 22.9 Å². The average molecular weight is 218 g/mol. The molecule has 1 aliphatic rings. The largest absolute Gasteiger partial charge is 0.305 e. The van der Waals surface area contributed by atoms with E-state index in [9.17, 15) is 0 Å². The van der Waals surface area contributed by atoms with Crippen molar-refractivity contribution in [1.29, 1.82) is 0 Å². The van der Waals surface area contributed by atoms with E-state index in [4.69, 9.17) is 16.4 Å². The van der Waals surface area contributed by atoms with Crippen LogP contribution < -0.4 is 5.48 Å². The first-order chi connectivity index (χ1) is 6.31. The molecular formula is C9H12ClNOS. The van der Waals surface area contributed by atoms with Crippen LogP contribution in [-0.2, 0) is 11.3 Å². The lowest BCUT2D eigenvalue weighted by Crippen LogP contribution is -2.22. The van der Waals surface area contributed by atoms with Crippen LogP contribution in [0.25, 0.3) is 0 Å². The Morgan fingerprint density at radius 3 is 3.31 bits per heavy atom. The molecule has 0 radical (unpaired) electrons. The minimum Gasteiger partial charge on any atom is -0.305 e. The quantitative estimate of drug-likeness (QED) is 0.770. The van der Waals surface area contributed by atoms with Crippen molar-refractivity contribution in [3.8, 4) is 0 Å². The SMILES string of the molecule is CONC1CCCc2sc(Cl)cc21. The number of aryl methyl sites for hydroxylation is 1. The third-order valence-electron chi connectivity index (χ3n) is 2.34. The highest BCUT2D eigenvalue weighted by molar-refractivity contribution is 7.16. The highest BCUT2D eigenvalue weighted by atomic mass is 35.5. The summed E-state index contributed by atoms with van der Waals surface area (Å²) < 4.78 is 0.884. The fourth-order valence-electron chi connectivity index (χ4n) is 1.79. The Balaban J connectivity index is 2.25. The number of hydroxylamine groups is 1. The van der Waals surface area contributed by atoms with Crippen molar-refractivity contribution in [3.63, 3.8) is 0 Å². The summed E-state index contributed by atoms with van der Waals surface area (Å²) in [5.41, 5.74) is 4.32. The number of halogens is 1. The van der Waals surface area contributed by atoms with Crippen LogP contribution in [-0.4, -0.2) is 7.11 Å². The highest BCUT2D eigenvalue weighted by Crippen LogP contribution is 2.37. The summed E-state index contributed by atoms with van der Waals surface area (Å²) in [4.78, 5) is 6.37. The third-order valence-corrected chi connectivity index (χ3v) is 3.68. The number of fused-ring (bicyclic) bond motifs is 1. The molecule has 0 aliphatic heterocycles. The zero-order chi connectivity index (χ0) is 9.26. The monoisotopic (exact) mass is 217 g/mol. The second-order valence-electron chi connectivity index (χ2n) is 3.20. The smallest absolute Gasteiger partial charge is 0.0934 e. The van der Waals surface area contributed by atoms with E-state index in [1.807, 2.05) is 0 Å². The van der Waals surface area contributed by atoms with Crippen molar-refractivity contribution in [1.82, 2.24) is 5.48 Å². The molecule has 0 amide bonds. The molecule has 0 aromatic carbocycles. The summed E-state index contributed by atoms with van der Waals surface area (Å²) in [5.74, 6) is 0. The molecule has 2 rings (SSSR count). The number of rotatable bonds is 2. The summed E-state index contributed by atoms with van der Waals surface area (Å²) in [6.45, 7) is 0. The van der Waals surface area contributed by atoms with Crippen LogP contribution in [0.4, 0.5) is 0 Å². The van der Waals surface area contributed by atoms with E-state index in [0.717, 1.165) is 17.2 Å². The average Bonchev–Trinajstić information content (AvgIpc) is 2.47. The second kappa shape index (κ2) is 3.96. The van der Waals surface area contributed by atoms with Gasteiger partial charge >= 0.3 is 0 Å². The minimum absolute atomic E-state index is 0.331. The molecule has 13 heavy (non-hydrogen) atoms. The zero-order valence-electron chi connectivity index (χ0n) is 7.47. The van der Waals surface area contributed by atoms with Gasteiger partial charge in [-0.2, -0.15) is 5.48 Å². The van der Waals surface area contributed by atoms with E-state index in [2.05, 4.69) is 11.5 Å². The highest BCUT2D eigenvalue weighted by Gasteiger charge is 2.22. The second-order valence-corrected chi connectivity index (χ2v) is 4.96. The minimum atomic E-state index is 0.331. The van der Waals surface area contributed by atoms with Crippen LogP contribution in [0, 0.1) is 0 Å². The Bertz CT molecular complexity index is 300. The molecule has 2 nitrogen and oxygen atoms in total. The van der Waals surface area contributed by atoms with Gasteiger partial charge in [-0.1, -0.05) is 11.6 Å². The van der Waals surface area contributed by atoms with Gasteiger partial charge in [0.25, 0.3) is 0 Å². The molecule has 1 atom stereocenters. The van der Waals surface area contributed by atoms with Crippen molar-refractivity contribution in [2.45, 2.75) is 25.3 Å². The maximum Gasteiger partial charge on any atom is 0.0934 e. The summed E-state index contributed by atoms with van der Waals surface area (Å²) >= 11 is 7.66. The summed E-state index contributed by atoms with van der Waals surface area (Å²) in [5, 5.41) is 0. The van der Waals surface area contributed by atoms with Gasteiger partial charge in [-0.15, -0.1) is 11.3 Å². The van der Waals surface area contributed by atoms with Crippen LogP contribution in [0.5, 0.6) is 0 Å². The molecule has 0 spiro atoms. The number of thiophene rings is 1. The van der Waals surface area contributed by atoms with Crippen molar-refractivity contribution in [3.05, 3.63) is 20.8 Å². The maximum absolute atomic E-state index is 5.97. The first kappa shape index (κ1) is 9.46. The van der Waals surface area contributed by atoms with Gasteiger partial charge in [-0.3, -0.25) is 0 Å². The lowest BCUT2D eigenvalue weighted by Gasteiger charge is -2.22. The predicted molar refractivity (Wildman–Crippen MR) is 55.2 cm³/mol. The maximum atomic E-state index is 5.97. The first-order valence-corrected chi connectivity index (χ1v) is 5.57. The molecule has 1 aromatic rings. The topological polar surface area (TPSA) is 21.3 Å². The fraction of sp³-hybridized carbons (Fsp3) is 0.556. The molecule has 0 fully saturated rings. The summed E-state index contributed by atoms with van der Waals surface area (Å²) in [6.07, 6.45) is 3.51. The van der Waals surface area contributed by atoms with E-state index in [1.165, 1.54) is 16.9 Å². The molecule has 1 heterocycles. The van der Waals surface area contributed by atoms with Crippen molar-refractivity contribution in [2.24, 2.45) is 0 Å². The van der Waals surface area contributed by atoms with Crippen LogP contribution in [0.2, 0.25) is 4.34 Å². The molecule has 72 valence electrons. The molecule has 4 heteroatoms. The molecule has 1 aliphatic carbocycles. The van der Waals surface area contributed by atoms with Gasteiger partial charge in [0.15, 0.2) is 0 Å². The Kier molecular flexibility index (Phi) is 2.89. The lowest BCUT2D eigenvalue weighted by atomic mass is 9.95. The van der Waals surface area contributed by atoms with Crippen LogP contribution >= 0.6 is 22.9 Å². The van der Waals surface area contributed by atoms with E-state index in [0.29, 0.717) is 6.04 Å². The molecule has 0 saturated carbocycles. The van der Waals surface area contributed by atoms with Crippen LogP contribution in [0.1, 0.15) is 29.3 Å². The third kappa shape index (κ3) is 1.89. The number of hydrogen-bond donors (Lipinski definition) is 1. The first-order valence-electron chi connectivity index (χ1n) is 4.38. The number of nitrogens with one attached hydrogen (secondary N) is 1. The molecular weight excluding hydrogens is 206 g/mol. The van der Waals surface area contributed by atoms with Gasteiger partial charge in [-0.25, -0.2) is 0 Å². The summed E-state index contributed by atoms with van der Waals surface area (Å²) in [6, 6.07) is 2.38. The fourth-order valence-corrected chi connectivity index (χ4v) is 3.17. The van der Waals surface area contributed by atoms with Gasteiger partial charge < -0.3 is 4.84 Å². The van der Waals surface area contributed by atoms with E-state index in [1.54, 1.807) is 18.4 Å². The zero-order valence-corrected chi connectivity index (χ0v) is 9.04. The molecule has 1 unspecified atom stereocenters. The van der Waals surface area contributed by atoms with E-state index < -0.39 is 0 Å². The number of hydrogen-bond acceptors (Lipinski definition) is 3. The van der Waals surface area contributed by atoms with Crippen LogP contribution in [0.3, 0.4) is 0 Å². The van der Waals surface area contributed by atoms with Gasteiger partial charge in [0.1, 0.15) is 0 Å². The lowest BCUT2D eigenvalue weighted by molar-refractivity contribution is 0.0554. The van der Waals surface area contributed by atoms with Gasteiger partial charge in [0.05, 0.1) is 17.5 Å². The molecule has 1 aromatic heterocycles. The Hall–Kier alpha value is -0.0900. The Labute approximate surface area is 86.8 Å². The standard InChI is InChI=1S/C9H12ClNOS/c1-12-11-7-3-2-4-8-6(7)5-9(10)13-8/h5,7,11H,2-4H2,1H3. The van der Waals surface area contributed by atoms with Gasteiger partial charge in [0.2, 0.25) is 0 Å². The predicted octanol–water partition coefficient (Wildman–Crippen LogP) is 2.93. The Morgan fingerprint density at radius 2 is 2.54 bits per heavy atom.